The normalized spacial score (nSPS) is 14.4. The Bertz CT molecular complexity index is 1300. The molecule has 1 aliphatic rings. The summed E-state index contributed by atoms with van der Waals surface area (Å²) in [6, 6.07) is 24.1. The number of halogens is 1. The Balaban J connectivity index is 1.37. The van der Waals surface area contributed by atoms with Gasteiger partial charge in [-0.05, 0) is 85.9 Å². The van der Waals surface area contributed by atoms with Gasteiger partial charge in [0, 0.05) is 23.1 Å². The van der Waals surface area contributed by atoms with Crippen LogP contribution in [0.5, 0.6) is 23.0 Å². The van der Waals surface area contributed by atoms with Crippen LogP contribution in [-0.4, -0.2) is 38.3 Å². The summed E-state index contributed by atoms with van der Waals surface area (Å²) in [5, 5.41) is 1.84. The Morgan fingerprint density at radius 1 is 0.750 bits per heavy atom. The molecular formula is C31H32FNO3. The van der Waals surface area contributed by atoms with Crippen molar-refractivity contribution in [3.05, 3.63) is 84.7 Å². The van der Waals surface area contributed by atoms with Crippen LogP contribution in [0.3, 0.4) is 0 Å². The molecule has 5 heteroatoms. The van der Waals surface area contributed by atoms with E-state index in [-0.39, 0.29) is 5.82 Å². The second kappa shape index (κ2) is 11.4. The monoisotopic (exact) mass is 485 g/mol. The molecule has 1 heterocycles. The predicted octanol–water partition coefficient (Wildman–Crippen LogP) is 7.70. The van der Waals surface area contributed by atoms with E-state index in [1.807, 2.05) is 60.7 Å². The molecule has 0 amide bonds. The topological polar surface area (TPSA) is 30.9 Å². The van der Waals surface area contributed by atoms with Crippen molar-refractivity contribution in [1.29, 1.82) is 0 Å². The third kappa shape index (κ3) is 5.63. The van der Waals surface area contributed by atoms with Crippen molar-refractivity contribution in [2.45, 2.75) is 25.7 Å². The van der Waals surface area contributed by atoms with Gasteiger partial charge in [0.25, 0.3) is 0 Å². The zero-order chi connectivity index (χ0) is 24.7. The lowest BCUT2D eigenvalue weighted by Gasteiger charge is -2.19. The Labute approximate surface area is 212 Å². The maximum absolute atomic E-state index is 14.7. The molecule has 186 valence electrons. The summed E-state index contributed by atoms with van der Waals surface area (Å²) in [7, 11) is 1.64. The van der Waals surface area contributed by atoms with Gasteiger partial charge in [0.1, 0.15) is 35.4 Å². The van der Waals surface area contributed by atoms with E-state index in [9.17, 15) is 4.39 Å². The van der Waals surface area contributed by atoms with Crippen LogP contribution in [0.15, 0.2) is 78.9 Å². The smallest absolute Gasteiger partial charge is 0.143 e. The largest absolute Gasteiger partial charge is 0.497 e. The van der Waals surface area contributed by atoms with Crippen LogP contribution in [0.4, 0.5) is 4.39 Å². The number of methoxy groups -OCH3 is 1. The van der Waals surface area contributed by atoms with E-state index in [0.717, 1.165) is 41.9 Å². The summed E-state index contributed by atoms with van der Waals surface area (Å²) >= 11 is 0. The first-order chi connectivity index (χ1) is 17.7. The van der Waals surface area contributed by atoms with Crippen LogP contribution in [0.2, 0.25) is 0 Å². The molecule has 0 radical (unpaired) electrons. The number of fused-ring (bicyclic) bond motifs is 1. The van der Waals surface area contributed by atoms with E-state index in [4.69, 9.17) is 14.2 Å². The highest BCUT2D eigenvalue weighted by molar-refractivity contribution is 5.96. The van der Waals surface area contributed by atoms with Gasteiger partial charge in [0.15, 0.2) is 0 Å². The summed E-state index contributed by atoms with van der Waals surface area (Å²) in [5.74, 6) is 2.55. The van der Waals surface area contributed by atoms with Crippen LogP contribution in [0.1, 0.15) is 25.7 Å². The van der Waals surface area contributed by atoms with Gasteiger partial charge in [-0.25, -0.2) is 4.39 Å². The van der Waals surface area contributed by atoms with E-state index in [2.05, 4.69) is 4.90 Å². The molecule has 1 aliphatic heterocycles. The van der Waals surface area contributed by atoms with Gasteiger partial charge in [-0.2, -0.15) is 0 Å². The van der Waals surface area contributed by atoms with Crippen molar-refractivity contribution in [2.24, 2.45) is 0 Å². The summed E-state index contributed by atoms with van der Waals surface area (Å²) in [4.78, 5) is 2.49. The van der Waals surface area contributed by atoms with Crippen molar-refractivity contribution in [2.75, 3.05) is 33.4 Å². The average Bonchev–Trinajstić information content (AvgIpc) is 3.19. The zero-order valence-electron chi connectivity index (χ0n) is 20.7. The molecule has 0 bridgehead atoms. The standard InChI is InChI=1S/C31H32FNO3/c1-34-26-15-17-27-23(22-26)10-16-29(28-8-4-5-9-30(28)32)31(27)36-25-13-11-24(12-14-25)35-21-20-33-18-6-2-3-7-19-33/h4-5,8-17,22H,2-3,6-7,18-21H2,1H3. The molecule has 0 atom stereocenters. The predicted molar refractivity (Wildman–Crippen MR) is 143 cm³/mol. The number of hydrogen-bond acceptors (Lipinski definition) is 4. The quantitative estimate of drug-likeness (QED) is 0.256. The number of ether oxygens (including phenoxy) is 3. The van der Waals surface area contributed by atoms with Gasteiger partial charge in [-0.15, -0.1) is 0 Å². The van der Waals surface area contributed by atoms with Crippen molar-refractivity contribution < 1.29 is 18.6 Å². The molecule has 0 N–H and O–H groups in total. The molecule has 0 spiro atoms. The minimum atomic E-state index is -0.289. The van der Waals surface area contributed by atoms with Gasteiger partial charge < -0.3 is 14.2 Å². The second-order valence-electron chi connectivity index (χ2n) is 9.19. The van der Waals surface area contributed by atoms with Crippen molar-refractivity contribution in [3.63, 3.8) is 0 Å². The summed E-state index contributed by atoms with van der Waals surface area (Å²) in [6.07, 6.45) is 5.23. The molecule has 0 unspecified atom stereocenters. The lowest BCUT2D eigenvalue weighted by atomic mass is 9.99. The lowest BCUT2D eigenvalue weighted by Crippen LogP contribution is -2.29. The Morgan fingerprint density at radius 2 is 1.47 bits per heavy atom. The fourth-order valence-electron chi connectivity index (χ4n) is 4.78. The highest BCUT2D eigenvalue weighted by Crippen LogP contribution is 2.41. The van der Waals surface area contributed by atoms with Crippen LogP contribution in [-0.2, 0) is 0 Å². The number of likely N-dealkylation sites (tertiary alicyclic amines) is 1. The van der Waals surface area contributed by atoms with E-state index in [1.54, 1.807) is 19.2 Å². The average molecular weight is 486 g/mol. The lowest BCUT2D eigenvalue weighted by molar-refractivity contribution is 0.214. The van der Waals surface area contributed by atoms with Crippen molar-refractivity contribution in [3.8, 4) is 34.1 Å². The van der Waals surface area contributed by atoms with E-state index >= 15 is 0 Å². The molecule has 36 heavy (non-hydrogen) atoms. The molecule has 1 fully saturated rings. The van der Waals surface area contributed by atoms with E-state index in [1.165, 1.54) is 31.7 Å². The number of nitrogens with zero attached hydrogens (tertiary/aromatic N) is 1. The van der Waals surface area contributed by atoms with Crippen LogP contribution < -0.4 is 14.2 Å². The maximum Gasteiger partial charge on any atom is 0.143 e. The number of hydrogen-bond donors (Lipinski definition) is 0. The maximum atomic E-state index is 14.7. The van der Waals surface area contributed by atoms with Gasteiger partial charge in [0.05, 0.1) is 7.11 Å². The fourth-order valence-corrected chi connectivity index (χ4v) is 4.78. The summed E-state index contributed by atoms with van der Waals surface area (Å²) in [5.41, 5.74) is 1.20. The summed E-state index contributed by atoms with van der Waals surface area (Å²) < 4.78 is 32.5. The first-order valence-electron chi connectivity index (χ1n) is 12.7. The molecule has 4 aromatic carbocycles. The fraction of sp³-hybridized carbons (Fsp3) is 0.290. The van der Waals surface area contributed by atoms with Gasteiger partial charge in [-0.1, -0.05) is 37.1 Å². The van der Waals surface area contributed by atoms with Gasteiger partial charge >= 0.3 is 0 Å². The zero-order valence-corrected chi connectivity index (χ0v) is 20.7. The molecule has 0 aliphatic carbocycles. The highest BCUT2D eigenvalue weighted by atomic mass is 19.1. The third-order valence-corrected chi connectivity index (χ3v) is 6.76. The van der Waals surface area contributed by atoms with Crippen LogP contribution in [0, 0.1) is 5.82 Å². The molecule has 1 saturated heterocycles. The van der Waals surface area contributed by atoms with Crippen LogP contribution in [0.25, 0.3) is 21.9 Å². The minimum absolute atomic E-state index is 0.289. The molecular weight excluding hydrogens is 453 g/mol. The van der Waals surface area contributed by atoms with E-state index < -0.39 is 0 Å². The second-order valence-corrected chi connectivity index (χ2v) is 9.19. The SMILES string of the molecule is COc1ccc2c(Oc3ccc(OCCN4CCCCCC4)cc3)c(-c3ccccc3F)ccc2c1. The molecule has 0 saturated carbocycles. The Hall–Kier alpha value is -3.57. The molecule has 4 aromatic rings. The van der Waals surface area contributed by atoms with Crippen LogP contribution >= 0.6 is 0 Å². The van der Waals surface area contributed by atoms with Gasteiger partial charge in [0.2, 0.25) is 0 Å². The minimum Gasteiger partial charge on any atom is -0.497 e. The van der Waals surface area contributed by atoms with Crippen molar-refractivity contribution in [1.82, 2.24) is 4.90 Å². The summed E-state index contributed by atoms with van der Waals surface area (Å²) in [6.45, 7) is 3.95. The molecule has 0 aromatic heterocycles. The Kier molecular flexibility index (Phi) is 7.67. The third-order valence-electron chi connectivity index (χ3n) is 6.76. The first-order valence-corrected chi connectivity index (χ1v) is 12.7. The molecule has 4 nitrogen and oxygen atoms in total. The van der Waals surface area contributed by atoms with Gasteiger partial charge in [-0.3, -0.25) is 4.90 Å². The van der Waals surface area contributed by atoms with E-state index in [0.29, 0.717) is 29.2 Å². The van der Waals surface area contributed by atoms with Crippen molar-refractivity contribution >= 4 is 10.8 Å². The number of benzene rings is 4. The highest BCUT2D eigenvalue weighted by Gasteiger charge is 2.16. The molecule has 5 rings (SSSR count). The number of rotatable bonds is 8. The Morgan fingerprint density at radius 3 is 2.22 bits per heavy atom. The first kappa shape index (κ1) is 24.1.